The van der Waals surface area contributed by atoms with Gasteiger partial charge in [0.2, 0.25) is 0 Å². The molecule has 2 heterocycles. The number of carbonyl (C=O) groups is 2. The minimum Gasteiger partial charge on any atom is -0.478 e. The first kappa shape index (κ1) is 13.2. The van der Waals surface area contributed by atoms with Crippen LogP contribution in [0.3, 0.4) is 0 Å². The van der Waals surface area contributed by atoms with Gasteiger partial charge in [0.1, 0.15) is 0 Å². The van der Waals surface area contributed by atoms with Gasteiger partial charge in [-0.2, -0.15) is 0 Å². The van der Waals surface area contributed by atoms with Crippen LogP contribution in [0.2, 0.25) is 0 Å². The molecule has 0 aliphatic carbocycles. The van der Waals surface area contributed by atoms with Crippen LogP contribution in [0.15, 0.2) is 42.6 Å². The van der Waals surface area contributed by atoms with Crippen molar-refractivity contribution in [3.63, 3.8) is 0 Å². The molecule has 1 amide bonds. The van der Waals surface area contributed by atoms with E-state index in [4.69, 9.17) is 0 Å². The average molecular weight is 282 g/mol. The van der Waals surface area contributed by atoms with Crippen LogP contribution in [0.4, 0.5) is 0 Å². The highest BCUT2D eigenvalue weighted by Gasteiger charge is 2.18. The second kappa shape index (κ2) is 4.63. The molecular formula is C16H14N2O3. The van der Waals surface area contributed by atoms with Crippen molar-refractivity contribution >= 4 is 28.3 Å². The van der Waals surface area contributed by atoms with Crippen LogP contribution in [-0.2, 0) is 0 Å². The van der Waals surface area contributed by atoms with Gasteiger partial charge in [-0.3, -0.25) is 4.79 Å². The van der Waals surface area contributed by atoms with Crippen molar-refractivity contribution in [3.05, 3.63) is 53.7 Å². The van der Waals surface area contributed by atoms with Crippen molar-refractivity contribution in [3.8, 4) is 0 Å². The Bertz CT molecular complexity index is 878. The van der Waals surface area contributed by atoms with Crippen LogP contribution in [0.5, 0.6) is 0 Å². The fourth-order valence-electron chi connectivity index (χ4n) is 2.55. The summed E-state index contributed by atoms with van der Waals surface area (Å²) in [4.78, 5) is 25.1. The Balaban J connectivity index is 2.39. The predicted molar refractivity (Wildman–Crippen MR) is 79.9 cm³/mol. The molecule has 0 atom stereocenters. The van der Waals surface area contributed by atoms with Crippen LogP contribution >= 0.6 is 0 Å². The Labute approximate surface area is 121 Å². The maximum Gasteiger partial charge on any atom is 0.338 e. The van der Waals surface area contributed by atoms with E-state index in [1.54, 1.807) is 55.0 Å². The maximum absolute atomic E-state index is 12.1. The number of rotatable bonds is 2. The molecular weight excluding hydrogens is 268 g/mol. The van der Waals surface area contributed by atoms with Crippen molar-refractivity contribution < 1.29 is 14.7 Å². The lowest BCUT2D eigenvalue weighted by atomic mass is 10.1. The standard InChI is InChI=1S/C16H14N2O3/c1-17(2)15(19)10-6-7-11-13(9-10)18-8-4-3-5-12(18)14(11)16(20)21/h3-9H,1-2H3,(H,20,21). The smallest absolute Gasteiger partial charge is 0.338 e. The molecule has 5 heteroatoms. The number of carboxylic acid groups (broad SMARTS) is 1. The molecule has 0 aliphatic heterocycles. The summed E-state index contributed by atoms with van der Waals surface area (Å²) in [6.07, 6.45) is 1.80. The second-order valence-corrected chi connectivity index (χ2v) is 5.07. The Morgan fingerprint density at radius 2 is 1.86 bits per heavy atom. The van der Waals surface area contributed by atoms with E-state index in [9.17, 15) is 14.7 Å². The zero-order valence-electron chi connectivity index (χ0n) is 11.7. The zero-order valence-corrected chi connectivity index (χ0v) is 11.7. The summed E-state index contributed by atoms with van der Waals surface area (Å²) >= 11 is 0. The molecule has 0 saturated carbocycles. The molecule has 0 fully saturated rings. The van der Waals surface area contributed by atoms with E-state index in [1.165, 1.54) is 4.90 Å². The number of carboxylic acids is 1. The van der Waals surface area contributed by atoms with Gasteiger partial charge in [0.25, 0.3) is 5.91 Å². The normalized spacial score (nSPS) is 11.0. The third-order valence-corrected chi connectivity index (χ3v) is 3.51. The molecule has 1 N–H and O–H groups in total. The monoisotopic (exact) mass is 282 g/mol. The molecule has 0 unspecified atom stereocenters. The summed E-state index contributed by atoms with van der Waals surface area (Å²) in [5.74, 6) is -1.08. The third-order valence-electron chi connectivity index (χ3n) is 3.51. The van der Waals surface area contributed by atoms with Gasteiger partial charge in [-0.15, -0.1) is 0 Å². The molecule has 106 valence electrons. The van der Waals surface area contributed by atoms with Crippen LogP contribution < -0.4 is 0 Å². The van der Waals surface area contributed by atoms with E-state index < -0.39 is 5.97 Å². The van der Waals surface area contributed by atoms with Crippen molar-refractivity contribution in [2.24, 2.45) is 0 Å². The van der Waals surface area contributed by atoms with E-state index in [0.29, 0.717) is 16.5 Å². The lowest BCUT2D eigenvalue weighted by Crippen LogP contribution is -2.21. The van der Waals surface area contributed by atoms with Gasteiger partial charge in [0, 0.05) is 31.2 Å². The fourth-order valence-corrected chi connectivity index (χ4v) is 2.55. The fraction of sp³-hybridized carbons (Fsp3) is 0.125. The number of benzene rings is 1. The van der Waals surface area contributed by atoms with E-state index in [-0.39, 0.29) is 11.5 Å². The van der Waals surface area contributed by atoms with Gasteiger partial charge in [-0.25, -0.2) is 4.79 Å². The first-order valence-corrected chi connectivity index (χ1v) is 6.48. The Morgan fingerprint density at radius 1 is 1.10 bits per heavy atom. The van der Waals surface area contributed by atoms with Crippen molar-refractivity contribution in [2.45, 2.75) is 0 Å². The van der Waals surface area contributed by atoms with E-state index in [0.717, 1.165) is 5.52 Å². The molecule has 3 rings (SSSR count). The summed E-state index contributed by atoms with van der Waals surface area (Å²) < 4.78 is 1.80. The van der Waals surface area contributed by atoms with E-state index >= 15 is 0 Å². The molecule has 0 aliphatic rings. The van der Waals surface area contributed by atoms with Gasteiger partial charge in [-0.1, -0.05) is 12.1 Å². The van der Waals surface area contributed by atoms with Gasteiger partial charge in [0.15, 0.2) is 0 Å². The summed E-state index contributed by atoms with van der Waals surface area (Å²) in [5.41, 5.74) is 2.13. The SMILES string of the molecule is CN(C)C(=O)c1ccc2c(C(=O)O)c3ccccn3c2c1. The molecule has 0 bridgehead atoms. The number of hydrogen-bond donors (Lipinski definition) is 1. The lowest BCUT2D eigenvalue weighted by Gasteiger charge is -2.10. The molecule has 0 radical (unpaired) electrons. The van der Waals surface area contributed by atoms with E-state index in [2.05, 4.69) is 0 Å². The van der Waals surface area contributed by atoms with Crippen molar-refractivity contribution in [1.29, 1.82) is 0 Å². The first-order chi connectivity index (χ1) is 10.0. The van der Waals surface area contributed by atoms with Crippen molar-refractivity contribution in [1.82, 2.24) is 9.30 Å². The highest BCUT2D eigenvalue weighted by atomic mass is 16.4. The van der Waals surface area contributed by atoms with E-state index in [1.807, 2.05) is 6.07 Å². The van der Waals surface area contributed by atoms with Crippen LogP contribution in [0.1, 0.15) is 20.7 Å². The Hall–Kier alpha value is -2.82. The Morgan fingerprint density at radius 3 is 2.52 bits per heavy atom. The number of fused-ring (bicyclic) bond motifs is 3. The van der Waals surface area contributed by atoms with Crippen LogP contribution in [0, 0.1) is 0 Å². The zero-order chi connectivity index (χ0) is 15.1. The Kier molecular flexibility index (Phi) is 2.90. The molecule has 0 saturated heterocycles. The topological polar surface area (TPSA) is 62.0 Å². The second-order valence-electron chi connectivity index (χ2n) is 5.07. The average Bonchev–Trinajstić information content (AvgIpc) is 2.80. The molecule has 1 aromatic carbocycles. The highest BCUT2D eigenvalue weighted by Crippen LogP contribution is 2.27. The number of aromatic carboxylic acids is 1. The first-order valence-electron chi connectivity index (χ1n) is 6.48. The number of hydrogen-bond acceptors (Lipinski definition) is 2. The summed E-state index contributed by atoms with van der Waals surface area (Å²) in [6.45, 7) is 0. The number of nitrogens with zero attached hydrogens (tertiary/aromatic N) is 2. The molecule has 5 nitrogen and oxygen atoms in total. The third kappa shape index (κ3) is 1.94. The highest BCUT2D eigenvalue weighted by molar-refractivity contribution is 6.12. The number of pyridine rings is 1. The largest absolute Gasteiger partial charge is 0.478 e. The van der Waals surface area contributed by atoms with Crippen molar-refractivity contribution in [2.75, 3.05) is 14.1 Å². The van der Waals surface area contributed by atoms with Crippen LogP contribution in [0.25, 0.3) is 16.4 Å². The van der Waals surface area contributed by atoms with Crippen LogP contribution in [-0.4, -0.2) is 40.4 Å². The molecule has 0 spiro atoms. The predicted octanol–water partition coefficient (Wildman–Crippen LogP) is 2.49. The summed E-state index contributed by atoms with van der Waals surface area (Å²) in [6, 6.07) is 10.5. The minimum atomic E-state index is -0.972. The summed E-state index contributed by atoms with van der Waals surface area (Å²) in [7, 11) is 3.37. The number of amides is 1. The minimum absolute atomic E-state index is 0.111. The summed E-state index contributed by atoms with van der Waals surface area (Å²) in [5, 5.41) is 10.1. The number of carbonyl (C=O) groups excluding carboxylic acids is 1. The number of aromatic nitrogens is 1. The molecule has 21 heavy (non-hydrogen) atoms. The maximum atomic E-state index is 12.1. The molecule has 2 aromatic heterocycles. The van der Waals surface area contributed by atoms with Gasteiger partial charge in [0.05, 0.1) is 16.6 Å². The van der Waals surface area contributed by atoms with Gasteiger partial charge in [-0.05, 0) is 24.3 Å². The lowest BCUT2D eigenvalue weighted by molar-refractivity contribution is 0.0700. The van der Waals surface area contributed by atoms with Gasteiger partial charge < -0.3 is 14.4 Å². The quantitative estimate of drug-likeness (QED) is 0.785. The van der Waals surface area contributed by atoms with Gasteiger partial charge >= 0.3 is 5.97 Å². The molecule has 3 aromatic rings.